The second-order valence-corrected chi connectivity index (χ2v) is 20.7. The van der Waals surface area contributed by atoms with Crippen molar-refractivity contribution in [3.05, 3.63) is 178 Å². The minimum absolute atomic E-state index is 0.110. The molecular weight excluding hydrogens is 777 g/mol. The van der Waals surface area contributed by atoms with Gasteiger partial charge in [0, 0.05) is 33.9 Å². The lowest BCUT2D eigenvalue weighted by Crippen LogP contribution is -2.16. The number of pyridine rings is 2. The summed E-state index contributed by atoms with van der Waals surface area (Å²) in [6.07, 6.45) is 7.86. The van der Waals surface area contributed by atoms with E-state index in [1.165, 1.54) is 122 Å². The molecule has 0 spiro atoms. The number of fused-ring (bicyclic) bond motifs is 8. The van der Waals surface area contributed by atoms with Gasteiger partial charge >= 0.3 is 0 Å². The molecule has 6 aromatic carbocycles. The molecule has 0 saturated carbocycles. The van der Waals surface area contributed by atoms with Crippen LogP contribution in [0.1, 0.15) is 86.1 Å². The van der Waals surface area contributed by atoms with Crippen molar-refractivity contribution in [2.75, 3.05) is 0 Å². The second kappa shape index (κ2) is 13.9. The smallest absolute Gasteiger partial charge is 0.137 e. The van der Waals surface area contributed by atoms with Gasteiger partial charge in [0.25, 0.3) is 0 Å². The zero-order valence-corrected chi connectivity index (χ0v) is 38.3. The number of rotatable bonds is 4. The van der Waals surface area contributed by atoms with Gasteiger partial charge in [-0.25, -0.2) is 9.97 Å². The van der Waals surface area contributed by atoms with E-state index in [0.717, 1.165) is 37.3 Å². The van der Waals surface area contributed by atoms with Gasteiger partial charge in [0.2, 0.25) is 0 Å². The maximum Gasteiger partial charge on any atom is 0.137 e. The lowest BCUT2D eigenvalue weighted by atomic mass is 9.74. The Hall–Kier alpha value is -6.78. The molecule has 4 aromatic heterocycles. The third-order valence-electron chi connectivity index (χ3n) is 14.4. The minimum Gasteiger partial charge on any atom is -0.293 e. The third-order valence-corrected chi connectivity index (χ3v) is 14.4. The predicted octanol–water partition coefficient (Wildman–Crippen LogP) is 15.1. The van der Waals surface area contributed by atoms with Crippen LogP contribution >= 0.6 is 0 Å². The largest absolute Gasteiger partial charge is 0.293 e. The van der Waals surface area contributed by atoms with E-state index in [1.807, 2.05) is 12.4 Å². The Kier molecular flexibility index (Phi) is 8.41. The molecule has 0 unspecified atom stereocenters. The molecule has 0 amide bonds. The second-order valence-electron chi connectivity index (χ2n) is 20.7. The standard InChI is InChI=1S/C60H54N4/c1-35-25-27-61-53(29-35)63-51-23-15-39(37-9-17-43(18-10-37)59(3,4)5)31-47(51)49-33-41-14-22-46-56-42(13-21-45(55(41)56)57(49)63)34-50-48-32-40(38-11-19-44(20-12-38)60(6,7)8)16-24-52(48)64(58(46)50)54-30-36(2)26-28-62-54/h9-12,15-20,23-34H,13-14,21-22H2,1-8H3. The Morgan fingerprint density at radius 1 is 0.406 bits per heavy atom. The molecule has 12 rings (SSSR count). The van der Waals surface area contributed by atoms with Crippen LogP contribution in [0.4, 0.5) is 0 Å². The summed E-state index contributed by atoms with van der Waals surface area (Å²) in [6, 6.07) is 46.3. The van der Waals surface area contributed by atoms with E-state index in [0.29, 0.717) is 0 Å². The van der Waals surface area contributed by atoms with E-state index in [9.17, 15) is 0 Å². The highest BCUT2D eigenvalue weighted by atomic mass is 15.1. The van der Waals surface area contributed by atoms with Gasteiger partial charge in [-0.1, -0.05) is 102 Å². The monoisotopic (exact) mass is 830 g/mol. The molecule has 4 heteroatoms. The van der Waals surface area contributed by atoms with Crippen LogP contribution in [0.3, 0.4) is 0 Å². The van der Waals surface area contributed by atoms with Crippen LogP contribution in [0.2, 0.25) is 0 Å². The summed E-state index contributed by atoms with van der Waals surface area (Å²) in [7, 11) is 0. The van der Waals surface area contributed by atoms with Crippen molar-refractivity contribution >= 4 is 43.6 Å². The molecule has 2 aliphatic rings. The molecule has 0 aliphatic heterocycles. The maximum atomic E-state index is 5.06. The number of hydrogen-bond donors (Lipinski definition) is 0. The Morgan fingerprint density at radius 3 is 1.17 bits per heavy atom. The third kappa shape index (κ3) is 5.95. The number of aryl methyl sites for hydroxylation is 6. The van der Waals surface area contributed by atoms with Crippen LogP contribution in [-0.4, -0.2) is 19.1 Å². The summed E-state index contributed by atoms with van der Waals surface area (Å²) >= 11 is 0. The molecule has 64 heavy (non-hydrogen) atoms. The molecule has 0 radical (unpaired) electrons. The first kappa shape index (κ1) is 38.9. The Labute approximate surface area is 376 Å². The molecule has 314 valence electrons. The molecule has 4 heterocycles. The summed E-state index contributed by atoms with van der Waals surface area (Å²) in [4.78, 5) is 10.1. The topological polar surface area (TPSA) is 35.6 Å². The van der Waals surface area contributed by atoms with Gasteiger partial charge < -0.3 is 0 Å². The number of aromatic nitrogens is 4. The van der Waals surface area contributed by atoms with Crippen molar-refractivity contribution in [1.29, 1.82) is 0 Å². The maximum absolute atomic E-state index is 5.06. The lowest BCUT2D eigenvalue weighted by molar-refractivity contribution is 0.590. The fourth-order valence-corrected chi connectivity index (χ4v) is 11.1. The van der Waals surface area contributed by atoms with Crippen molar-refractivity contribution in [3.8, 4) is 45.0 Å². The van der Waals surface area contributed by atoms with Crippen LogP contribution in [0.15, 0.2) is 134 Å². The molecular formula is C60H54N4. The molecule has 0 N–H and O–H groups in total. The summed E-state index contributed by atoms with van der Waals surface area (Å²) in [5, 5.41) is 5.23. The zero-order valence-electron chi connectivity index (χ0n) is 38.3. The van der Waals surface area contributed by atoms with E-state index in [-0.39, 0.29) is 10.8 Å². The van der Waals surface area contributed by atoms with Gasteiger partial charge in [0.05, 0.1) is 22.1 Å². The quantitative estimate of drug-likeness (QED) is 0.177. The highest BCUT2D eigenvalue weighted by Crippen LogP contribution is 2.51. The Balaban J connectivity index is 1.11. The Bertz CT molecular complexity index is 3320. The molecule has 0 bridgehead atoms. The highest BCUT2D eigenvalue weighted by molar-refractivity contribution is 6.16. The van der Waals surface area contributed by atoms with Crippen molar-refractivity contribution in [3.63, 3.8) is 0 Å². The van der Waals surface area contributed by atoms with Crippen molar-refractivity contribution in [2.45, 2.75) is 91.9 Å². The van der Waals surface area contributed by atoms with Crippen molar-refractivity contribution in [2.24, 2.45) is 0 Å². The van der Waals surface area contributed by atoms with Gasteiger partial charge in [-0.05, 0) is 189 Å². The van der Waals surface area contributed by atoms with Gasteiger partial charge in [0.1, 0.15) is 11.6 Å². The SMILES string of the molecule is Cc1ccnc(-n2c3ccc(-c4ccc(C(C)(C)C)cc4)cc3c3cc4c5c(c32)CCc2cc3c6cc(-c7ccc(C(C)(C)C)cc7)ccc6n(-c6cc(C)ccn6)c3c(c2-5)CC4)c1. The first-order chi connectivity index (χ1) is 30.8. The summed E-state index contributed by atoms with van der Waals surface area (Å²) in [5.74, 6) is 1.95. The van der Waals surface area contributed by atoms with Gasteiger partial charge in [-0.2, -0.15) is 0 Å². The molecule has 0 saturated heterocycles. The predicted molar refractivity (Wildman–Crippen MR) is 269 cm³/mol. The fourth-order valence-electron chi connectivity index (χ4n) is 11.1. The molecule has 2 aliphatic carbocycles. The Morgan fingerprint density at radius 2 is 0.797 bits per heavy atom. The van der Waals surface area contributed by atoms with E-state index in [1.54, 1.807) is 0 Å². The number of benzene rings is 6. The van der Waals surface area contributed by atoms with Gasteiger partial charge in [-0.3, -0.25) is 9.13 Å². The lowest BCUT2D eigenvalue weighted by Gasteiger charge is -2.31. The average molecular weight is 831 g/mol. The van der Waals surface area contributed by atoms with Crippen LogP contribution in [0.25, 0.3) is 88.6 Å². The van der Waals surface area contributed by atoms with Crippen molar-refractivity contribution < 1.29 is 0 Å². The summed E-state index contributed by atoms with van der Waals surface area (Å²) in [6.45, 7) is 18.0. The van der Waals surface area contributed by atoms with Crippen LogP contribution in [0, 0.1) is 13.8 Å². The van der Waals surface area contributed by atoms with Gasteiger partial charge in [-0.15, -0.1) is 0 Å². The summed E-state index contributed by atoms with van der Waals surface area (Å²) < 4.78 is 4.95. The summed E-state index contributed by atoms with van der Waals surface area (Å²) in [5.41, 5.74) is 24.0. The van der Waals surface area contributed by atoms with E-state index < -0.39 is 0 Å². The molecule has 10 aromatic rings. The fraction of sp³-hybridized carbons (Fsp3) is 0.233. The zero-order chi connectivity index (χ0) is 43.8. The van der Waals surface area contributed by atoms with Crippen LogP contribution in [0.5, 0.6) is 0 Å². The van der Waals surface area contributed by atoms with E-state index in [2.05, 4.69) is 186 Å². The minimum atomic E-state index is 0.110. The number of hydrogen-bond acceptors (Lipinski definition) is 2. The van der Waals surface area contributed by atoms with E-state index in [4.69, 9.17) is 9.97 Å². The van der Waals surface area contributed by atoms with E-state index >= 15 is 0 Å². The highest BCUT2D eigenvalue weighted by Gasteiger charge is 2.33. The first-order valence-electron chi connectivity index (χ1n) is 23.1. The molecule has 0 atom stereocenters. The van der Waals surface area contributed by atoms with Gasteiger partial charge in [0.15, 0.2) is 0 Å². The first-order valence-corrected chi connectivity index (χ1v) is 23.1. The normalized spacial score (nSPS) is 13.7. The van der Waals surface area contributed by atoms with Crippen LogP contribution < -0.4 is 0 Å². The van der Waals surface area contributed by atoms with Crippen molar-refractivity contribution in [1.82, 2.24) is 19.1 Å². The number of nitrogens with zero attached hydrogens (tertiary/aromatic N) is 4. The van der Waals surface area contributed by atoms with Crippen LogP contribution in [-0.2, 0) is 36.5 Å². The molecule has 0 fully saturated rings. The molecule has 4 nitrogen and oxygen atoms in total. The average Bonchev–Trinajstić information content (AvgIpc) is 3.79.